The van der Waals surface area contributed by atoms with Crippen LogP contribution in [0.2, 0.25) is 0 Å². The highest BCUT2D eigenvalue weighted by atomic mass is 15.2. The molecule has 4 nitrogen and oxygen atoms in total. The molecule has 23 heavy (non-hydrogen) atoms. The number of aliphatic imine (C=N–C) groups is 1. The van der Waals surface area contributed by atoms with Gasteiger partial charge in [0.05, 0.1) is 11.6 Å². The molecule has 0 spiro atoms. The van der Waals surface area contributed by atoms with E-state index in [-0.39, 0.29) is 0 Å². The Morgan fingerprint density at radius 1 is 1.09 bits per heavy atom. The van der Waals surface area contributed by atoms with Crippen LogP contribution in [0.25, 0.3) is 0 Å². The Morgan fingerprint density at radius 2 is 1.78 bits per heavy atom. The molecule has 0 aromatic heterocycles. The van der Waals surface area contributed by atoms with Crippen molar-refractivity contribution in [1.29, 1.82) is 5.26 Å². The molecule has 2 rings (SSSR count). The molecule has 0 heterocycles. The Morgan fingerprint density at radius 3 is 2.39 bits per heavy atom. The first-order valence-corrected chi connectivity index (χ1v) is 7.71. The predicted molar refractivity (Wildman–Crippen MR) is 94.2 cm³/mol. The zero-order chi connectivity index (χ0) is 16.5. The first-order valence-electron chi connectivity index (χ1n) is 7.71. The van der Waals surface area contributed by atoms with Crippen LogP contribution in [-0.4, -0.2) is 19.6 Å². The average Bonchev–Trinajstić information content (AvgIpc) is 2.62. The van der Waals surface area contributed by atoms with Gasteiger partial charge in [0.1, 0.15) is 0 Å². The number of nitrogens with zero attached hydrogens (tertiary/aromatic N) is 2. The number of nitrogens with one attached hydrogen (secondary N) is 2. The number of benzene rings is 2. The standard InChI is InChI=1S/C19H22N4/c1-15(18-6-4-3-5-7-18)13-22-19(21-2)23-14-17-10-8-16(12-20)9-11-17/h3-11,15H,13-14H2,1-2H3,(H2,21,22,23). The van der Waals surface area contributed by atoms with Gasteiger partial charge in [0, 0.05) is 20.1 Å². The van der Waals surface area contributed by atoms with Gasteiger partial charge in [-0.3, -0.25) is 4.99 Å². The smallest absolute Gasteiger partial charge is 0.191 e. The monoisotopic (exact) mass is 306 g/mol. The summed E-state index contributed by atoms with van der Waals surface area (Å²) < 4.78 is 0. The number of rotatable bonds is 5. The van der Waals surface area contributed by atoms with Gasteiger partial charge in [0.2, 0.25) is 0 Å². The predicted octanol–water partition coefficient (Wildman–Crippen LogP) is 3.03. The second kappa shape index (κ2) is 8.60. The molecule has 0 saturated heterocycles. The van der Waals surface area contributed by atoms with Crippen molar-refractivity contribution < 1.29 is 0 Å². The summed E-state index contributed by atoms with van der Waals surface area (Å²) in [6.07, 6.45) is 0. The van der Waals surface area contributed by atoms with E-state index in [0.717, 1.165) is 18.1 Å². The number of guanidine groups is 1. The lowest BCUT2D eigenvalue weighted by atomic mass is 10.0. The Balaban J connectivity index is 1.82. The third-order valence-electron chi connectivity index (χ3n) is 3.71. The minimum absolute atomic E-state index is 0.407. The molecule has 2 N–H and O–H groups in total. The Hall–Kier alpha value is -2.80. The lowest BCUT2D eigenvalue weighted by molar-refractivity contribution is 0.699. The maximum atomic E-state index is 8.81. The van der Waals surface area contributed by atoms with E-state index in [0.29, 0.717) is 18.0 Å². The summed E-state index contributed by atoms with van der Waals surface area (Å²) in [5, 5.41) is 15.4. The van der Waals surface area contributed by atoms with E-state index in [2.05, 4.69) is 52.9 Å². The van der Waals surface area contributed by atoms with Gasteiger partial charge in [-0.2, -0.15) is 5.26 Å². The minimum Gasteiger partial charge on any atom is -0.356 e. The highest BCUT2D eigenvalue weighted by Crippen LogP contribution is 2.12. The van der Waals surface area contributed by atoms with Gasteiger partial charge in [-0.1, -0.05) is 49.4 Å². The molecular formula is C19H22N4. The molecule has 2 aromatic rings. The Kier molecular flexibility index (Phi) is 6.19. The van der Waals surface area contributed by atoms with Crippen LogP contribution < -0.4 is 10.6 Å². The van der Waals surface area contributed by atoms with Crippen molar-refractivity contribution in [2.45, 2.75) is 19.4 Å². The molecule has 0 aliphatic rings. The second-order valence-corrected chi connectivity index (χ2v) is 5.43. The normalized spacial score (nSPS) is 12.3. The lowest BCUT2D eigenvalue weighted by Crippen LogP contribution is -2.38. The van der Waals surface area contributed by atoms with E-state index in [1.165, 1.54) is 5.56 Å². The number of hydrogen-bond acceptors (Lipinski definition) is 2. The van der Waals surface area contributed by atoms with Gasteiger partial charge >= 0.3 is 0 Å². The van der Waals surface area contributed by atoms with Crippen LogP contribution in [0.15, 0.2) is 59.6 Å². The highest BCUT2D eigenvalue weighted by Gasteiger charge is 2.06. The summed E-state index contributed by atoms with van der Waals surface area (Å²) in [5.74, 6) is 1.18. The van der Waals surface area contributed by atoms with Gasteiger partial charge < -0.3 is 10.6 Å². The SMILES string of the molecule is CN=C(NCc1ccc(C#N)cc1)NCC(C)c1ccccc1. The van der Waals surface area contributed by atoms with Crippen LogP contribution in [0, 0.1) is 11.3 Å². The van der Waals surface area contributed by atoms with E-state index in [1.807, 2.05) is 30.3 Å². The lowest BCUT2D eigenvalue weighted by Gasteiger charge is -2.16. The molecule has 0 aliphatic carbocycles. The maximum Gasteiger partial charge on any atom is 0.191 e. The first-order chi connectivity index (χ1) is 11.2. The van der Waals surface area contributed by atoms with Gasteiger partial charge in [0.15, 0.2) is 5.96 Å². The fraction of sp³-hybridized carbons (Fsp3) is 0.263. The molecule has 118 valence electrons. The molecule has 0 radical (unpaired) electrons. The minimum atomic E-state index is 0.407. The van der Waals surface area contributed by atoms with E-state index in [4.69, 9.17) is 5.26 Å². The van der Waals surface area contributed by atoms with E-state index in [9.17, 15) is 0 Å². The molecule has 0 bridgehead atoms. The van der Waals surface area contributed by atoms with Crippen molar-refractivity contribution in [3.63, 3.8) is 0 Å². The summed E-state index contributed by atoms with van der Waals surface area (Å²) >= 11 is 0. The molecule has 0 aliphatic heterocycles. The van der Waals surface area contributed by atoms with E-state index >= 15 is 0 Å². The molecule has 1 unspecified atom stereocenters. The van der Waals surface area contributed by atoms with Gasteiger partial charge in [-0.25, -0.2) is 0 Å². The maximum absolute atomic E-state index is 8.81. The van der Waals surface area contributed by atoms with Crippen LogP contribution in [0.1, 0.15) is 29.5 Å². The average molecular weight is 306 g/mol. The largest absolute Gasteiger partial charge is 0.356 e. The Labute approximate surface area is 137 Å². The summed E-state index contributed by atoms with van der Waals surface area (Å²) in [7, 11) is 1.77. The van der Waals surface area contributed by atoms with Crippen molar-refractivity contribution in [1.82, 2.24) is 10.6 Å². The topological polar surface area (TPSA) is 60.2 Å². The molecule has 0 amide bonds. The van der Waals surface area contributed by atoms with Gasteiger partial charge in [-0.15, -0.1) is 0 Å². The fourth-order valence-electron chi connectivity index (χ4n) is 2.25. The first kappa shape index (κ1) is 16.6. The van der Waals surface area contributed by atoms with Crippen LogP contribution in [0.5, 0.6) is 0 Å². The van der Waals surface area contributed by atoms with Crippen molar-refractivity contribution in [3.05, 3.63) is 71.3 Å². The van der Waals surface area contributed by atoms with Crippen molar-refractivity contribution in [2.75, 3.05) is 13.6 Å². The fourth-order valence-corrected chi connectivity index (χ4v) is 2.25. The summed E-state index contributed by atoms with van der Waals surface area (Å²) in [6, 6.07) is 20.1. The zero-order valence-corrected chi connectivity index (χ0v) is 13.6. The summed E-state index contributed by atoms with van der Waals surface area (Å²) in [5.41, 5.74) is 3.10. The third-order valence-corrected chi connectivity index (χ3v) is 3.71. The molecule has 4 heteroatoms. The molecular weight excluding hydrogens is 284 g/mol. The van der Waals surface area contributed by atoms with Crippen molar-refractivity contribution >= 4 is 5.96 Å². The number of hydrogen-bond donors (Lipinski definition) is 2. The number of nitriles is 1. The molecule has 0 saturated carbocycles. The van der Waals surface area contributed by atoms with Gasteiger partial charge in [-0.05, 0) is 29.2 Å². The van der Waals surface area contributed by atoms with Crippen LogP contribution in [0.4, 0.5) is 0 Å². The zero-order valence-electron chi connectivity index (χ0n) is 13.6. The van der Waals surface area contributed by atoms with E-state index in [1.54, 1.807) is 7.05 Å². The van der Waals surface area contributed by atoms with E-state index < -0.39 is 0 Å². The summed E-state index contributed by atoms with van der Waals surface area (Å²) in [6.45, 7) is 3.68. The third kappa shape index (κ3) is 5.15. The van der Waals surface area contributed by atoms with Crippen LogP contribution >= 0.6 is 0 Å². The van der Waals surface area contributed by atoms with Crippen molar-refractivity contribution in [3.8, 4) is 6.07 Å². The molecule has 2 aromatic carbocycles. The molecule has 0 fully saturated rings. The quantitative estimate of drug-likeness (QED) is 0.659. The van der Waals surface area contributed by atoms with Crippen molar-refractivity contribution in [2.24, 2.45) is 4.99 Å². The molecule has 1 atom stereocenters. The second-order valence-electron chi connectivity index (χ2n) is 5.43. The summed E-state index contributed by atoms with van der Waals surface area (Å²) in [4.78, 5) is 4.24. The van der Waals surface area contributed by atoms with Crippen LogP contribution in [0.3, 0.4) is 0 Å². The van der Waals surface area contributed by atoms with Gasteiger partial charge in [0.25, 0.3) is 0 Å². The highest BCUT2D eigenvalue weighted by molar-refractivity contribution is 5.79. The van der Waals surface area contributed by atoms with Crippen LogP contribution in [-0.2, 0) is 6.54 Å². The Bertz CT molecular complexity index is 669.